The summed E-state index contributed by atoms with van der Waals surface area (Å²) in [5, 5.41) is 8.47. The monoisotopic (exact) mass is 493 g/mol. The number of carbonyl (C=O) groups is 2. The quantitative estimate of drug-likeness (QED) is 0.297. The van der Waals surface area contributed by atoms with Crippen molar-refractivity contribution in [3.8, 4) is 5.75 Å². The van der Waals surface area contributed by atoms with Crippen molar-refractivity contribution in [1.29, 1.82) is 0 Å². The van der Waals surface area contributed by atoms with E-state index in [1.165, 1.54) is 12.4 Å². The molecule has 3 aromatic rings. The van der Waals surface area contributed by atoms with E-state index in [0.717, 1.165) is 5.69 Å². The number of rotatable bonds is 9. The van der Waals surface area contributed by atoms with Gasteiger partial charge in [-0.25, -0.2) is 9.78 Å². The molecule has 3 rings (SSSR count). The third-order valence-electron chi connectivity index (χ3n) is 4.69. The fraction of sp³-hybridized carbons (Fsp3) is 0.208. The molecule has 0 radical (unpaired) electrons. The third-order valence-corrected chi connectivity index (χ3v) is 4.93. The summed E-state index contributed by atoms with van der Waals surface area (Å²) in [4.78, 5) is 37.6. The summed E-state index contributed by atoms with van der Waals surface area (Å²) in [5.74, 6) is 0.573. The van der Waals surface area contributed by atoms with Crippen molar-refractivity contribution in [2.45, 2.75) is 6.42 Å². The van der Waals surface area contributed by atoms with Gasteiger partial charge in [-0.05, 0) is 48.9 Å². The highest BCUT2D eigenvalue weighted by Crippen LogP contribution is 2.28. The van der Waals surface area contributed by atoms with Crippen LogP contribution in [0.1, 0.15) is 16.8 Å². The summed E-state index contributed by atoms with van der Waals surface area (Å²) < 4.78 is 5.78. The Bertz CT molecular complexity index is 1210. The topological polar surface area (TPSA) is 113 Å². The molecule has 0 unspecified atom stereocenters. The van der Waals surface area contributed by atoms with E-state index < -0.39 is 6.03 Å². The van der Waals surface area contributed by atoms with Crippen molar-refractivity contribution >= 4 is 46.5 Å². The van der Waals surface area contributed by atoms with Crippen LogP contribution < -0.4 is 25.6 Å². The second kappa shape index (κ2) is 12.2. The Morgan fingerprint density at radius 3 is 2.51 bits per heavy atom. The summed E-state index contributed by atoms with van der Waals surface area (Å²) >= 11 is 6.07. The first-order chi connectivity index (χ1) is 16.9. The lowest BCUT2D eigenvalue weighted by molar-refractivity contribution is 0.0951. The maximum absolute atomic E-state index is 12.3. The van der Waals surface area contributed by atoms with E-state index in [1.807, 2.05) is 31.1 Å². The van der Waals surface area contributed by atoms with Gasteiger partial charge in [0.1, 0.15) is 5.75 Å². The number of urea groups is 1. The van der Waals surface area contributed by atoms with Gasteiger partial charge >= 0.3 is 6.03 Å². The smallest absolute Gasteiger partial charge is 0.325 e. The number of benzene rings is 2. The van der Waals surface area contributed by atoms with Crippen LogP contribution >= 0.6 is 11.6 Å². The van der Waals surface area contributed by atoms with Gasteiger partial charge in [-0.15, -0.1) is 4.98 Å². The Morgan fingerprint density at radius 1 is 1.09 bits per heavy atom. The summed E-state index contributed by atoms with van der Waals surface area (Å²) in [5.41, 5.74) is 1.97. The Labute approximate surface area is 208 Å². The Hall–Kier alpha value is -4.36. The Balaban J connectivity index is 1.48. The van der Waals surface area contributed by atoms with Crippen LogP contribution in [0, 0.1) is 6.57 Å². The van der Waals surface area contributed by atoms with Gasteiger partial charge in [-0.1, -0.05) is 18.2 Å². The molecule has 11 heteroatoms. The van der Waals surface area contributed by atoms with Crippen molar-refractivity contribution in [1.82, 2.24) is 15.3 Å². The predicted octanol–water partition coefficient (Wildman–Crippen LogP) is 4.59. The van der Waals surface area contributed by atoms with Gasteiger partial charge in [-0.2, -0.15) is 0 Å². The van der Waals surface area contributed by atoms with Crippen LogP contribution in [0.15, 0.2) is 54.9 Å². The zero-order chi connectivity index (χ0) is 25.2. The minimum atomic E-state index is -0.575. The highest BCUT2D eigenvalue weighted by molar-refractivity contribution is 6.31. The van der Waals surface area contributed by atoms with Crippen LogP contribution in [0.25, 0.3) is 4.85 Å². The van der Waals surface area contributed by atoms with E-state index in [2.05, 4.69) is 30.8 Å². The SMILES string of the molecule is [C-]#[N+]c1cnc(NC(=O)Nc2cc(Cl)ccc2OCCCNC(=O)c2ccc(N(C)C)cc2)cn1. The summed E-state index contributed by atoms with van der Waals surface area (Å²) in [6, 6.07) is 11.6. The predicted molar refractivity (Wildman–Crippen MR) is 136 cm³/mol. The molecule has 2 aromatic carbocycles. The van der Waals surface area contributed by atoms with Gasteiger partial charge in [0, 0.05) is 36.9 Å². The van der Waals surface area contributed by atoms with Gasteiger partial charge in [0.05, 0.1) is 18.5 Å². The number of halogens is 1. The number of nitrogens with one attached hydrogen (secondary N) is 3. The number of nitrogens with zero attached hydrogens (tertiary/aromatic N) is 4. The molecule has 0 aliphatic carbocycles. The van der Waals surface area contributed by atoms with Crippen molar-refractivity contribution in [3.63, 3.8) is 0 Å². The van der Waals surface area contributed by atoms with E-state index in [-0.39, 0.29) is 17.5 Å². The summed E-state index contributed by atoms with van der Waals surface area (Å²) in [6.07, 6.45) is 3.10. The molecule has 0 saturated carbocycles. The molecule has 0 saturated heterocycles. The van der Waals surface area contributed by atoms with Crippen LogP contribution in [0.4, 0.5) is 27.8 Å². The van der Waals surface area contributed by atoms with Gasteiger partial charge < -0.3 is 25.1 Å². The van der Waals surface area contributed by atoms with E-state index in [1.54, 1.807) is 30.3 Å². The number of hydrogen-bond donors (Lipinski definition) is 3. The molecular formula is C24H24ClN7O3. The Morgan fingerprint density at radius 2 is 1.86 bits per heavy atom. The molecule has 0 fully saturated rings. The number of anilines is 3. The van der Waals surface area contributed by atoms with E-state index >= 15 is 0 Å². The highest BCUT2D eigenvalue weighted by atomic mass is 35.5. The number of hydrogen-bond acceptors (Lipinski definition) is 6. The molecule has 1 heterocycles. The van der Waals surface area contributed by atoms with E-state index in [9.17, 15) is 9.59 Å². The largest absolute Gasteiger partial charge is 0.491 e. The molecule has 0 atom stereocenters. The lowest BCUT2D eigenvalue weighted by Gasteiger charge is -2.14. The van der Waals surface area contributed by atoms with Crippen LogP contribution in [0.5, 0.6) is 5.75 Å². The average molecular weight is 494 g/mol. The minimum absolute atomic E-state index is 0.125. The van der Waals surface area contributed by atoms with Gasteiger partial charge in [-0.3, -0.25) is 10.1 Å². The van der Waals surface area contributed by atoms with Crippen LogP contribution in [-0.2, 0) is 0 Å². The molecule has 0 aliphatic rings. The van der Waals surface area contributed by atoms with Gasteiger partial charge in [0.25, 0.3) is 11.7 Å². The molecule has 1 aromatic heterocycles. The minimum Gasteiger partial charge on any atom is -0.491 e. The molecular weight excluding hydrogens is 470 g/mol. The van der Waals surface area contributed by atoms with Crippen LogP contribution in [0.3, 0.4) is 0 Å². The lowest BCUT2D eigenvalue weighted by Crippen LogP contribution is -2.25. The first-order valence-corrected chi connectivity index (χ1v) is 11.0. The summed E-state index contributed by atoms with van der Waals surface area (Å²) in [7, 11) is 3.88. The van der Waals surface area contributed by atoms with Crippen LogP contribution in [-0.4, -0.2) is 49.2 Å². The normalized spacial score (nSPS) is 10.1. The van der Waals surface area contributed by atoms with Crippen molar-refractivity contribution < 1.29 is 14.3 Å². The lowest BCUT2D eigenvalue weighted by atomic mass is 10.2. The molecule has 10 nitrogen and oxygen atoms in total. The summed E-state index contributed by atoms with van der Waals surface area (Å²) in [6.45, 7) is 7.61. The van der Waals surface area contributed by atoms with Gasteiger partial charge in [0.2, 0.25) is 0 Å². The zero-order valence-corrected chi connectivity index (χ0v) is 20.0. The number of ether oxygens (including phenoxy) is 1. The molecule has 0 spiro atoms. The first-order valence-electron chi connectivity index (χ1n) is 10.6. The fourth-order valence-electron chi connectivity index (χ4n) is 2.91. The molecule has 3 amide bonds. The second-order valence-electron chi connectivity index (χ2n) is 7.49. The maximum atomic E-state index is 12.3. The average Bonchev–Trinajstić information content (AvgIpc) is 2.85. The maximum Gasteiger partial charge on any atom is 0.325 e. The first kappa shape index (κ1) is 25.3. The second-order valence-corrected chi connectivity index (χ2v) is 7.93. The van der Waals surface area contributed by atoms with Gasteiger partial charge in [0.15, 0.2) is 12.0 Å². The number of aromatic nitrogens is 2. The van der Waals surface area contributed by atoms with Crippen molar-refractivity contribution in [3.05, 3.63) is 76.9 Å². The molecule has 180 valence electrons. The van der Waals surface area contributed by atoms with E-state index in [0.29, 0.717) is 41.6 Å². The van der Waals surface area contributed by atoms with E-state index in [4.69, 9.17) is 22.9 Å². The van der Waals surface area contributed by atoms with Crippen LogP contribution in [0.2, 0.25) is 5.02 Å². The molecule has 0 bridgehead atoms. The van der Waals surface area contributed by atoms with Crippen molar-refractivity contribution in [2.75, 3.05) is 42.8 Å². The molecule has 3 N–H and O–H groups in total. The highest BCUT2D eigenvalue weighted by Gasteiger charge is 2.11. The number of carbonyl (C=O) groups excluding carboxylic acids is 2. The third kappa shape index (κ3) is 7.58. The number of amides is 3. The zero-order valence-electron chi connectivity index (χ0n) is 19.2. The molecule has 35 heavy (non-hydrogen) atoms. The Kier molecular flexibility index (Phi) is 8.81. The standard InChI is InChI=1S/C24H24ClN7O3/c1-26-21-14-29-22(15-28-21)31-24(34)30-19-13-17(25)7-10-20(19)35-12-4-11-27-23(33)16-5-8-18(9-6-16)32(2)3/h5-10,13-15H,4,11-12H2,2-3H3,(H,27,33)(H2,29,30,31,34). The fourth-order valence-corrected chi connectivity index (χ4v) is 3.08. The van der Waals surface area contributed by atoms with Crippen molar-refractivity contribution in [2.24, 2.45) is 0 Å². The molecule has 0 aliphatic heterocycles.